The highest BCUT2D eigenvalue weighted by molar-refractivity contribution is 7.10. The topological polar surface area (TPSA) is 54.5 Å². The van der Waals surface area contributed by atoms with E-state index in [0.29, 0.717) is 18.2 Å². The van der Waals surface area contributed by atoms with Gasteiger partial charge in [0.25, 0.3) is 0 Å². The summed E-state index contributed by atoms with van der Waals surface area (Å²) in [6.45, 7) is 6.20. The summed E-state index contributed by atoms with van der Waals surface area (Å²) < 4.78 is 9.36. The number of anilines is 1. The Morgan fingerprint density at radius 3 is 3.11 bits per heavy atom. The lowest BCUT2D eigenvalue weighted by Gasteiger charge is -2.30. The molecule has 1 aliphatic heterocycles. The Bertz CT molecular complexity index is 447. The highest BCUT2D eigenvalue weighted by atomic mass is 32.1. The molecule has 1 unspecified atom stereocenters. The minimum atomic E-state index is -0.277. The molecule has 2 heterocycles. The van der Waals surface area contributed by atoms with Gasteiger partial charge in [-0.15, -0.1) is 0 Å². The van der Waals surface area contributed by atoms with Gasteiger partial charge in [-0.3, -0.25) is 0 Å². The molecule has 0 amide bonds. The zero-order valence-electron chi connectivity index (χ0n) is 11.7. The van der Waals surface area contributed by atoms with E-state index in [4.69, 9.17) is 4.74 Å². The fraction of sp³-hybridized carbons (Fsp3) is 0.692. The minimum absolute atomic E-state index is 0.277. The van der Waals surface area contributed by atoms with Crippen molar-refractivity contribution in [1.82, 2.24) is 9.27 Å². The lowest BCUT2D eigenvalue weighted by molar-refractivity contribution is 0.0527. The summed E-state index contributed by atoms with van der Waals surface area (Å²) in [6, 6.07) is 0.381. The largest absolute Gasteiger partial charge is 0.462 e. The second-order valence-electron chi connectivity index (χ2n) is 4.94. The molecule has 2 rings (SSSR count). The van der Waals surface area contributed by atoms with Crippen molar-refractivity contribution in [3.8, 4) is 0 Å². The third kappa shape index (κ3) is 3.45. The van der Waals surface area contributed by atoms with E-state index >= 15 is 0 Å². The predicted molar refractivity (Wildman–Crippen MR) is 76.9 cm³/mol. The van der Waals surface area contributed by atoms with Crippen molar-refractivity contribution in [1.29, 1.82) is 0 Å². The van der Waals surface area contributed by atoms with Crippen molar-refractivity contribution >= 4 is 22.5 Å². The molecule has 106 valence electrons. The normalized spacial score (nSPS) is 20.3. The summed E-state index contributed by atoms with van der Waals surface area (Å²) in [6.07, 6.45) is 2.31. The molecule has 0 aliphatic carbocycles. The smallest absolute Gasteiger partial charge is 0.343 e. The molecule has 1 saturated heterocycles. The van der Waals surface area contributed by atoms with Crippen molar-refractivity contribution in [2.75, 3.05) is 32.1 Å². The molecule has 1 aliphatic rings. The lowest BCUT2D eigenvalue weighted by atomic mass is 10.1. The monoisotopic (exact) mass is 283 g/mol. The zero-order valence-corrected chi connectivity index (χ0v) is 12.5. The summed E-state index contributed by atoms with van der Waals surface area (Å²) in [7, 11) is 2.12. The van der Waals surface area contributed by atoms with Gasteiger partial charge in [0.05, 0.1) is 12.3 Å². The summed E-state index contributed by atoms with van der Waals surface area (Å²) in [5.41, 5.74) is 1.34. The molecular weight excluding hydrogens is 262 g/mol. The summed E-state index contributed by atoms with van der Waals surface area (Å²) in [5.74, 6) is -0.277. The van der Waals surface area contributed by atoms with Crippen LogP contribution in [0, 0.1) is 6.92 Å². The first kappa shape index (κ1) is 14.3. The van der Waals surface area contributed by atoms with E-state index in [2.05, 4.69) is 21.6 Å². The van der Waals surface area contributed by atoms with Crippen LogP contribution >= 0.6 is 11.5 Å². The van der Waals surface area contributed by atoms with Crippen LogP contribution in [0.25, 0.3) is 0 Å². The Balaban J connectivity index is 2.09. The SMILES string of the molecule is CCOC(=O)c1c(C)nsc1NC1CCCN(C)C1. The predicted octanol–water partition coefficient (Wildman–Crippen LogP) is 2.13. The molecule has 0 radical (unpaired) electrons. The van der Waals surface area contributed by atoms with Gasteiger partial charge in [0.1, 0.15) is 10.6 Å². The van der Waals surface area contributed by atoms with Crippen molar-refractivity contribution < 1.29 is 9.53 Å². The molecule has 6 heteroatoms. The maximum Gasteiger partial charge on any atom is 0.343 e. The average molecular weight is 283 g/mol. The maximum absolute atomic E-state index is 11.9. The van der Waals surface area contributed by atoms with Gasteiger partial charge in [-0.05, 0) is 51.8 Å². The summed E-state index contributed by atoms with van der Waals surface area (Å²) in [4.78, 5) is 14.3. The number of nitrogens with zero attached hydrogens (tertiary/aromatic N) is 2. The summed E-state index contributed by atoms with van der Waals surface area (Å²) >= 11 is 1.34. The van der Waals surface area contributed by atoms with Gasteiger partial charge in [0.2, 0.25) is 0 Å². The molecule has 19 heavy (non-hydrogen) atoms. The van der Waals surface area contributed by atoms with Crippen LogP contribution in [0.2, 0.25) is 0 Å². The molecule has 1 atom stereocenters. The van der Waals surface area contributed by atoms with E-state index in [9.17, 15) is 4.79 Å². The number of rotatable bonds is 4. The van der Waals surface area contributed by atoms with E-state index in [1.807, 2.05) is 13.8 Å². The van der Waals surface area contributed by atoms with Crippen molar-refractivity contribution in [3.63, 3.8) is 0 Å². The van der Waals surface area contributed by atoms with Gasteiger partial charge in [0, 0.05) is 12.6 Å². The van der Waals surface area contributed by atoms with E-state index in [-0.39, 0.29) is 5.97 Å². The quantitative estimate of drug-likeness (QED) is 0.858. The fourth-order valence-corrected chi connectivity index (χ4v) is 3.24. The maximum atomic E-state index is 11.9. The lowest BCUT2D eigenvalue weighted by Crippen LogP contribution is -2.39. The zero-order chi connectivity index (χ0) is 13.8. The van der Waals surface area contributed by atoms with Gasteiger partial charge in [0.15, 0.2) is 0 Å². The van der Waals surface area contributed by atoms with Gasteiger partial charge < -0.3 is 15.0 Å². The van der Waals surface area contributed by atoms with Crippen LogP contribution < -0.4 is 5.32 Å². The van der Waals surface area contributed by atoms with Crippen LogP contribution in [0.3, 0.4) is 0 Å². The number of aromatic nitrogens is 1. The van der Waals surface area contributed by atoms with Crippen LogP contribution in [0.15, 0.2) is 0 Å². The molecule has 0 saturated carbocycles. The van der Waals surface area contributed by atoms with Gasteiger partial charge in [-0.1, -0.05) is 0 Å². The number of aryl methyl sites for hydroxylation is 1. The number of piperidine rings is 1. The Labute approximate surface area is 118 Å². The van der Waals surface area contributed by atoms with Crippen LogP contribution in [0.4, 0.5) is 5.00 Å². The number of hydrogen-bond acceptors (Lipinski definition) is 6. The van der Waals surface area contributed by atoms with Gasteiger partial charge in [-0.2, -0.15) is 4.37 Å². The third-order valence-corrected chi connectivity index (χ3v) is 4.17. The molecule has 5 nitrogen and oxygen atoms in total. The number of likely N-dealkylation sites (N-methyl/N-ethyl adjacent to an activating group) is 1. The number of ether oxygens (including phenoxy) is 1. The number of hydrogen-bond donors (Lipinski definition) is 1. The van der Waals surface area contributed by atoms with Crippen LogP contribution in [0.5, 0.6) is 0 Å². The molecule has 0 bridgehead atoms. The number of carbonyl (C=O) groups excluding carboxylic acids is 1. The Kier molecular flexibility index (Phi) is 4.76. The van der Waals surface area contributed by atoms with Crippen LogP contribution in [0.1, 0.15) is 35.8 Å². The van der Waals surface area contributed by atoms with E-state index in [0.717, 1.165) is 30.2 Å². The second-order valence-corrected chi connectivity index (χ2v) is 5.71. The van der Waals surface area contributed by atoms with E-state index in [1.54, 1.807) is 0 Å². The van der Waals surface area contributed by atoms with Crippen molar-refractivity contribution in [2.24, 2.45) is 0 Å². The first-order chi connectivity index (χ1) is 9.11. The minimum Gasteiger partial charge on any atom is -0.462 e. The standard InChI is InChI=1S/C13H21N3O2S/c1-4-18-13(17)11-9(2)15-19-12(11)14-10-6-5-7-16(3)8-10/h10,14H,4-8H2,1-3H3. The Hall–Kier alpha value is -1.14. The molecule has 0 spiro atoms. The Morgan fingerprint density at radius 1 is 1.63 bits per heavy atom. The highest BCUT2D eigenvalue weighted by Crippen LogP contribution is 2.27. The number of likely N-dealkylation sites (tertiary alicyclic amines) is 1. The van der Waals surface area contributed by atoms with E-state index < -0.39 is 0 Å². The number of nitrogens with one attached hydrogen (secondary N) is 1. The molecule has 1 aromatic heterocycles. The van der Waals surface area contributed by atoms with Gasteiger partial charge in [-0.25, -0.2) is 4.79 Å². The first-order valence-electron chi connectivity index (χ1n) is 6.70. The molecule has 1 aromatic rings. The fourth-order valence-electron chi connectivity index (χ4n) is 2.38. The third-order valence-electron chi connectivity index (χ3n) is 3.30. The Morgan fingerprint density at radius 2 is 2.42 bits per heavy atom. The average Bonchev–Trinajstić information content (AvgIpc) is 2.71. The van der Waals surface area contributed by atoms with Crippen molar-refractivity contribution in [3.05, 3.63) is 11.3 Å². The highest BCUT2D eigenvalue weighted by Gasteiger charge is 2.23. The molecule has 1 fully saturated rings. The first-order valence-corrected chi connectivity index (χ1v) is 7.47. The molecule has 0 aromatic carbocycles. The van der Waals surface area contributed by atoms with Crippen molar-refractivity contribution in [2.45, 2.75) is 32.7 Å². The molecular formula is C13H21N3O2S. The van der Waals surface area contributed by atoms with E-state index in [1.165, 1.54) is 18.0 Å². The number of esters is 1. The summed E-state index contributed by atoms with van der Waals surface area (Å²) in [5, 5.41) is 4.30. The molecule has 1 N–H and O–H groups in total. The van der Waals surface area contributed by atoms with Crippen LogP contribution in [-0.4, -0.2) is 48.0 Å². The van der Waals surface area contributed by atoms with Crippen LogP contribution in [-0.2, 0) is 4.74 Å². The second kappa shape index (κ2) is 6.34. The van der Waals surface area contributed by atoms with Gasteiger partial charge >= 0.3 is 5.97 Å². The number of carbonyl (C=O) groups is 1.